The highest BCUT2D eigenvalue weighted by Gasteiger charge is 2.23. The van der Waals surface area contributed by atoms with Crippen molar-refractivity contribution in [2.45, 2.75) is 5.92 Å². The van der Waals surface area contributed by atoms with E-state index in [1.54, 1.807) is 0 Å². The van der Waals surface area contributed by atoms with Crippen LogP contribution in [0.25, 0.3) is 24.3 Å². The molecular weight excluding hydrogens is 228 g/mol. The summed E-state index contributed by atoms with van der Waals surface area (Å²) in [4.78, 5) is 0. The Morgan fingerprint density at radius 1 is 0.895 bits per heavy atom. The van der Waals surface area contributed by atoms with E-state index in [4.69, 9.17) is 0 Å². The van der Waals surface area contributed by atoms with E-state index >= 15 is 0 Å². The molecule has 2 aromatic rings. The lowest BCUT2D eigenvalue weighted by atomic mass is 9.77. The van der Waals surface area contributed by atoms with Crippen molar-refractivity contribution < 1.29 is 0 Å². The first-order valence-corrected chi connectivity index (χ1v) is 6.62. The summed E-state index contributed by atoms with van der Waals surface area (Å²) < 4.78 is 0. The molecule has 0 amide bonds. The van der Waals surface area contributed by atoms with Crippen molar-refractivity contribution in [3.8, 4) is 0 Å². The largest absolute Gasteiger partial charge is 0.0911 e. The fourth-order valence-electron chi connectivity index (χ4n) is 3.12. The van der Waals surface area contributed by atoms with Gasteiger partial charge in [0.05, 0.1) is 0 Å². The van der Waals surface area contributed by atoms with Crippen molar-refractivity contribution >= 4 is 24.3 Å². The molecule has 0 fully saturated rings. The number of hydrogen-bond donors (Lipinski definition) is 0. The summed E-state index contributed by atoms with van der Waals surface area (Å²) in [6.07, 6.45) is 9.01. The van der Waals surface area contributed by atoms with Gasteiger partial charge in [0.2, 0.25) is 0 Å². The van der Waals surface area contributed by atoms with Gasteiger partial charge in [-0.15, -0.1) is 0 Å². The van der Waals surface area contributed by atoms with Crippen molar-refractivity contribution in [2.24, 2.45) is 0 Å². The summed E-state index contributed by atoms with van der Waals surface area (Å²) in [6, 6.07) is 15.0. The molecule has 0 heteroatoms. The molecule has 90 valence electrons. The van der Waals surface area contributed by atoms with Crippen LogP contribution >= 0.6 is 0 Å². The van der Waals surface area contributed by atoms with E-state index in [1.165, 1.54) is 27.5 Å². The van der Waals surface area contributed by atoms with Gasteiger partial charge in [0.15, 0.2) is 0 Å². The fourth-order valence-corrected chi connectivity index (χ4v) is 3.12. The van der Waals surface area contributed by atoms with Gasteiger partial charge in [-0.2, -0.15) is 0 Å². The lowest BCUT2D eigenvalue weighted by Crippen LogP contribution is -2.30. The Morgan fingerprint density at radius 3 is 2.74 bits per heavy atom. The predicted molar refractivity (Wildman–Crippen MR) is 81.9 cm³/mol. The molecule has 0 saturated carbocycles. The molecule has 0 radical (unpaired) electrons. The smallest absolute Gasteiger partial charge is 0.0285 e. The van der Waals surface area contributed by atoms with Gasteiger partial charge in [-0.25, -0.2) is 0 Å². The molecule has 1 atom stereocenters. The highest BCUT2D eigenvalue weighted by atomic mass is 14.3. The maximum Gasteiger partial charge on any atom is 0.0285 e. The van der Waals surface area contributed by atoms with Crippen molar-refractivity contribution in [2.75, 3.05) is 0 Å². The van der Waals surface area contributed by atoms with Gasteiger partial charge in [0.25, 0.3) is 0 Å². The average molecular weight is 242 g/mol. The van der Waals surface area contributed by atoms with Crippen LogP contribution in [0, 0.1) is 0 Å². The number of rotatable bonds is 0. The Labute approximate surface area is 112 Å². The average Bonchev–Trinajstić information content (AvgIpc) is 2.47. The topological polar surface area (TPSA) is 0 Å². The monoisotopic (exact) mass is 242 g/mol. The normalized spacial score (nSPS) is 18.7. The maximum absolute atomic E-state index is 4.13. The fraction of sp³-hybridized carbons (Fsp3) is 0.0526. The zero-order valence-corrected chi connectivity index (χ0v) is 10.6. The zero-order chi connectivity index (χ0) is 12.8. The Morgan fingerprint density at radius 2 is 1.79 bits per heavy atom. The van der Waals surface area contributed by atoms with Crippen molar-refractivity contribution in [1.29, 1.82) is 0 Å². The van der Waals surface area contributed by atoms with E-state index in [-0.39, 0.29) is 0 Å². The first kappa shape index (κ1) is 10.6. The molecule has 0 spiro atoms. The number of hydrogen-bond acceptors (Lipinski definition) is 0. The van der Waals surface area contributed by atoms with Gasteiger partial charge < -0.3 is 0 Å². The summed E-state index contributed by atoms with van der Waals surface area (Å²) in [5.74, 6) is 0.372. The quantitative estimate of drug-likeness (QED) is 0.666. The Bertz CT molecular complexity index is 835. The lowest BCUT2D eigenvalue weighted by Gasteiger charge is -2.26. The Balaban J connectivity index is 2.04. The summed E-state index contributed by atoms with van der Waals surface area (Å²) in [6.45, 7) is 4.13. The molecule has 2 aromatic carbocycles. The van der Waals surface area contributed by atoms with E-state index in [1.807, 2.05) is 0 Å². The number of fused-ring (bicyclic) bond motifs is 5. The molecule has 0 unspecified atom stereocenters. The zero-order valence-electron chi connectivity index (χ0n) is 10.6. The first-order valence-electron chi connectivity index (χ1n) is 6.62. The number of benzene rings is 2. The maximum atomic E-state index is 4.13. The molecule has 2 aliphatic carbocycles. The van der Waals surface area contributed by atoms with Gasteiger partial charge in [-0.1, -0.05) is 73.3 Å². The third-order valence-electron chi connectivity index (χ3n) is 4.07. The predicted octanol–water partition coefficient (Wildman–Crippen LogP) is 3.09. The third-order valence-corrected chi connectivity index (χ3v) is 4.07. The lowest BCUT2D eigenvalue weighted by molar-refractivity contribution is 1.07. The highest BCUT2D eigenvalue weighted by molar-refractivity contribution is 5.88. The summed E-state index contributed by atoms with van der Waals surface area (Å²) in [5, 5.41) is 2.39. The SMILES string of the molecule is C=c1cccc2c1=CC=C1c3ccccc3C=C[C@@H]12. The van der Waals surface area contributed by atoms with E-state index in [2.05, 4.69) is 73.3 Å². The van der Waals surface area contributed by atoms with Crippen LogP contribution in [0.5, 0.6) is 0 Å². The van der Waals surface area contributed by atoms with Crippen molar-refractivity contribution in [3.05, 3.63) is 81.7 Å². The second-order valence-electron chi connectivity index (χ2n) is 5.13. The molecule has 0 bridgehead atoms. The van der Waals surface area contributed by atoms with Gasteiger partial charge in [-0.3, -0.25) is 0 Å². The minimum Gasteiger partial charge on any atom is -0.0911 e. The molecule has 0 nitrogen and oxygen atoms in total. The van der Waals surface area contributed by atoms with Gasteiger partial charge in [0.1, 0.15) is 0 Å². The minimum atomic E-state index is 0.372. The van der Waals surface area contributed by atoms with Gasteiger partial charge >= 0.3 is 0 Å². The highest BCUT2D eigenvalue weighted by Crippen LogP contribution is 2.39. The minimum absolute atomic E-state index is 0.372. The van der Waals surface area contributed by atoms with Crippen LogP contribution in [0.4, 0.5) is 0 Å². The molecule has 2 aliphatic rings. The van der Waals surface area contributed by atoms with E-state index in [9.17, 15) is 0 Å². The molecule has 19 heavy (non-hydrogen) atoms. The molecule has 0 heterocycles. The van der Waals surface area contributed by atoms with Crippen LogP contribution in [-0.4, -0.2) is 0 Å². The van der Waals surface area contributed by atoms with Crippen LogP contribution in [-0.2, 0) is 0 Å². The summed E-state index contributed by atoms with van der Waals surface area (Å²) >= 11 is 0. The van der Waals surface area contributed by atoms with E-state index in [0.717, 1.165) is 5.22 Å². The van der Waals surface area contributed by atoms with Crippen molar-refractivity contribution in [3.63, 3.8) is 0 Å². The first-order chi connectivity index (χ1) is 9.34. The van der Waals surface area contributed by atoms with E-state index in [0.29, 0.717) is 5.92 Å². The van der Waals surface area contributed by atoms with Crippen LogP contribution < -0.4 is 10.4 Å². The summed E-state index contributed by atoms with van der Waals surface area (Å²) in [5.41, 5.74) is 5.44. The molecule has 0 aromatic heterocycles. The van der Waals surface area contributed by atoms with Crippen LogP contribution in [0.1, 0.15) is 22.6 Å². The second kappa shape index (κ2) is 3.83. The molecule has 0 saturated heterocycles. The second-order valence-corrected chi connectivity index (χ2v) is 5.13. The van der Waals surface area contributed by atoms with E-state index < -0.39 is 0 Å². The van der Waals surface area contributed by atoms with Crippen LogP contribution in [0.15, 0.2) is 54.6 Å². The third kappa shape index (κ3) is 1.47. The Hall–Kier alpha value is -2.34. The Kier molecular flexibility index (Phi) is 2.13. The molecule has 0 N–H and O–H groups in total. The molecule has 0 aliphatic heterocycles. The van der Waals surface area contributed by atoms with Crippen LogP contribution in [0.2, 0.25) is 0 Å². The molecule has 4 rings (SSSR count). The van der Waals surface area contributed by atoms with Crippen molar-refractivity contribution in [1.82, 2.24) is 0 Å². The van der Waals surface area contributed by atoms with Crippen LogP contribution in [0.3, 0.4) is 0 Å². The molecular formula is C19H14. The summed E-state index contributed by atoms with van der Waals surface area (Å²) in [7, 11) is 0. The standard InChI is InChI=1S/C19H14/c1-13-5-4-8-17-15(13)11-12-18-16-7-3-2-6-14(16)9-10-19(17)18/h2-12,19H,1H2/t19-/m1/s1. The number of allylic oxidation sites excluding steroid dienone is 3. The van der Waals surface area contributed by atoms with Gasteiger partial charge in [-0.05, 0) is 32.7 Å². The van der Waals surface area contributed by atoms with Gasteiger partial charge in [0, 0.05) is 5.92 Å².